The first kappa shape index (κ1) is 15.0. The van der Waals surface area contributed by atoms with Gasteiger partial charge >= 0.3 is 0 Å². The van der Waals surface area contributed by atoms with Gasteiger partial charge in [0.1, 0.15) is 12.4 Å². The summed E-state index contributed by atoms with van der Waals surface area (Å²) in [6.45, 7) is -0.307. The molecule has 0 aliphatic heterocycles. The minimum atomic E-state index is -0.658. The number of aliphatic hydroxyl groups is 1. The Hall–Kier alpha value is -2.35. The Kier molecular flexibility index (Phi) is 4.94. The maximum Gasteiger partial charge on any atom is 0.258 e. The number of nitrogens with one attached hydrogen (secondary N) is 1. The smallest absolute Gasteiger partial charge is 0.258 e. The van der Waals surface area contributed by atoms with Gasteiger partial charge in [-0.2, -0.15) is 0 Å². The highest BCUT2D eigenvalue weighted by molar-refractivity contribution is 6.33. The first-order valence-corrected chi connectivity index (χ1v) is 6.45. The van der Waals surface area contributed by atoms with Crippen molar-refractivity contribution in [3.63, 3.8) is 0 Å². The molecule has 0 fully saturated rings. The largest absolute Gasteiger partial charge is 0.384 e. The molecule has 106 valence electrons. The Morgan fingerprint density at radius 1 is 1.29 bits per heavy atom. The fraction of sp³-hybridized carbons (Fsp3) is 0.0625. The molecule has 1 amide bonds. The molecule has 0 aliphatic carbocycles. The summed E-state index contributed by atoms with van der Waals surface area (Å²) in [6, 6.07) is 10.6. The maximum atomic E-state index is 13.8. The fourth-order valence-corrected chi connectivity index (χ4v) is 1.85. The van der Waals surface area contributed by atoms with Crippen molar-refractivity contribution in [2.45, 2.75) is 0 Å². The molecule has 0 heterocycles. The molecule has 2 rings (SSSR count). The van der Waals surface area contributed by atoms with Crippen molar-refractivity contribution >= 4 is 23.2 Å². The number of carbonyl (C=O) groups excluding carboxylic acids is 1. The van der Waals surface area contributed by atoms with Gasteiger partial charge in [-0.05, 0) is 30.3 Å². The topological polar surface area (TPSA) is 49.3 Å². The monoisotopic (exact) mass is 303 g/mol. The summed E-state index contributed by atoms with van der Waals surface area (Å²) < 4.78 is 13.8. The van der Waals surface area contributed by atoms with E-state index in [0.717, 1.165) is 6.07 Å². The van der Waals surface area contributed by atoms with E-state index in [1.807, 2.05) is 0 Å². The second-order valence-electron chi connectivity index (χ2n) is 4.09. The molecule has 0 spiro atoms. The van der Waals surface area contributed by atoms with Crippen LogP contribution in [0.15, 0.2) is 42.5 Å². The van der Waals surface area contributed by atoms with E-state index in [2.05, 4.69) is 17.2 Å². The average Bonchev–Trinajstić information content (AvgIpc) is 2.48. The maximum absolute atomic E-state index is 13.8. The molecule has 0 radical (unpaired) electrons. The van der Waals surface area contributed by atoms with Crippen LogP contribution in [0.1, 0.15) is 15.9 Å². The van der Waals surface area contributed by atoms with Gasteiger partial charge in [-0.3, -0.25) is 4.79 Å². The zero-order chi connectivity index (χ0) is 15.2. The third-order valence-electron chi connectivity index (χ3n) is 2.64. The lowest BCUT2D eigenvalue weighted by Crippen LogP contribution is -2.14. The lowest BCUT2D eigenvalue weighted by atomic mass is 10.1. The highest BCUT2D eigenvalue weighted by Crippen LogP contribution is 2.21. The highest BCUT2D eigenvalue weighted by Gasteiger charge is 2.13. The summed E-state index contributed by atoms with van der Waals surface area (Å²) in [4.78, 5) is 12.1. The van der Waals surface area contributed by atoms with Crippen LogP contribution >= 0.6 is 11.6 Å². The van der Waals surface area contributed by atoms with Gasteiger partial charge in [0.15, 0.2) is 0 Å². The van der Waals surface area contributed by atoms with Crippen LogP contribution in [0.25, 0.3) is 0 Å². The molecule has 0 aromatic heterocycles. The first-order valence-electron chi connectivity index (χ1n) is 6.07. The van der Waals surface area contributed by atoms with E-state index in [4.69, 9.17) is 16.7 Å². The van der Waals surface area contributed by atoms with Crippen molar-refractivity contribution in [3.05, 3.63) is 64.4 Å². The van der Waals surface area contributed by atoms with Gasteiger partial charge in [0.2, 0.25) is 0 Å². The predicted molar refractivity (Wildman–Crippen MR) is 79.8 cm³/mol. The quantitative estimate of drug-likeness (QED) is 0.838. The number of hydrogen-bond donors (Lipinski definition) is 2. The van der Waals surface area contributed by atoms with Gasteiger partial charge in [-0.1, -0.05) is 35.6 Å². The SMILES string of the molecule is O=C(Nc1ccccc1Cl)c1cc(C#CCO)ccc1F. The van der Waals surface area contributed by atoms with Crippen LogP contribution in [0.3, 0.4) is 0 Å². The van der Waals surface area contributed by atoms with Crippen molar-refractivity contribution in [1.29, 1.82) is 0 Å². The Balaban J connectivity index is 2.28. The van der Waals surface area contributed by atoms with Crippen LogP contribution < -0.4 is 5.32 Å². The Labute approximate surface area is 126 Å². The molecule has 0 atom stereocenters. The van der Waals surface area contributed by atoms with Gasteiger partial charge in [-0.25, -0.2) is 4.39 Å². The van der Waals surface area contributed by atoms with Gasteiger partial charge in [0.25, 0.3) is 5.91 Å². The van der Waals surface area contributed by atoms with Gasteiger partial charge in [-0.15, -0.1) is 0 Å². The molecule has 0 unspecified atom stereocenters. The van der Waals surface area contributed by atoms with Gasteiger partial charge < -0.3 is 10.4 Å². The third kappa shape index (κ3) is 3.82. The predicted octanol–water partition coefficient (Wildman–Crippen LogP) is 3.08. The zero-order valence-electron chi connectivity index (χ0n) is 10.9. The zero-order valence-corrected chi connectivity index (χ0v) is 11.6. The van der Waals surface area contributed by atoms with Crippen LogP contribution in [-0.4, -0.2) is 17.6 Å². The summed E-state index contributed by atoms with van der Waals surface area (Å²) in [5.74, 6) is 3.78. The lowest BCUT2D eigenvalue weighted by molar-refractivity contribution is 0.102. The van der Waals surface area contributed by atoms with Crippen LogP contribution in [-0.2, 0) is 0 Å². The molecule has 5 heteroatoms. The van der Waals surface area contributed by atoms with E-state index < -0.39 is 11.7 Å². The minimum absolute atomic E-state index is 0.139. The van der Waals surface area contributed by atoms with Crippen LogP contribution in [0.4, 0.5) is 10.1 Å². The van der Waals surface area contributed by atoms with Crippen molar-refractivity contribution in [3.8, 4) is 11.8 Å². The molecule has 0 bridgehead atoms. The molecule has 2 aromatic rings. The molecular formula is C16H11ClFNO2. The molecular weight excluding hydrogens is 293 g/mol. The van der Waals surface area contributed by atoms with E-state index in [0.29, 0.717) is 16.3 Å². The van der Waals surface area contributed by atoms with E-state index in [1.165, 1.54) is 12.1 Å². The van der Waals surface area contributed by atoms with Crippen LogP contribution in [0.2, 0.25) is 5.02 Å². The summed E-state index contributed by atoms with van der Waals surface area (Å²) in [7, 11) is 0. The Morgan fingerprint density at radius 3 is 2.76 bits per heavy atom. The molecule has 0 saturated heterocycles. The summed E-state index contributed by atoms with van der Waals surface area (Å²) in [6.07, 6.45) is 0. The highest BCUT2D eigenvalue weighted by atomic mass is 35.5. The van der Waals surface area contributed by atoms with Crippen molar-refractivity contribution in [2.75, 3.05) is 11.9 Å². The molecule has 0 aliphatic rings. The fourth-order valence-electron chi connectivity index (χ4n) is 1.67. The first-order chi connectivity index (χ1) is 10.1. The number of anilines is 1. The van der Waals surface area contributed by atoms with Crippen molar-refractivity contribution < 1.29 is 14.3 Å². The normalized spacial score (nSPS) is 9.67. The lowest BCUT2D eigenvalue weighted by Gasteiger charge is -2.08. The molecule has 3 nitrogen and oxygen atoms in total. The number of benzene rings is 2. The third-order valence-corrected chi connectivity index (χ3v) is 2.97. The van der Waals surface area contributed by atoms with E-state index in [9.17, 15) is 9.18 Å². The minimum Gasteiger partial charge on any atom is -0.384 e. The molecule has 2 N–H and O–H groups in total. The second-order valence-corrected chi connectivity index (χ2v) is 4.50. The number of aliphatic hydroxyl groups excluding tert-OH is 1. The standard InChI is InChI=1S/C16H11ClFNO2/c17-13-5-1-2-6-15(13)19-16(21)12-10-11(4-3-9-20)7-8-14(12)18/h1-2,5-8,10,20H,9H2,(H,19,21). The Morgan fingerprint density at radius 2 is 2.05 bits per heavy atom. The van der Waals surface area contributed by atoms with Crippen molar-refractivity contribution in [1.82, 2.24) is 0 Å². The van der Waals surface area contributed by atoms with E-state index in [-0.39, 0.29) is 12.2 Å². The number of rotatable bonds is 2. The number of amides is 1. The van der Waals surface area contributed by atoms with E-state index in [1.54, 1.807) is 24.3 Å². The summed E-state index contributed by atoms with van der Waals surface area (Å²) in [5, 5.41) is 11.5. The molecule has 21 heavy (non-hydrogen) atoms. The van der Waals surface area contributed by atoms with Gasteiger partial charge in [0, 0.05) is 5.56 Å². The summed E-state index contributed by atoms with van der Waals surface area (Å²) in [5.41, 5.74) is 0.699. The van der Waals surface area contributed by atoms with E-state index >= 15 is 0 Å². The molecule has 2 aromatic carbocycles. The number of carbonyl (C=O) groups is 1. The number of para-hydroxylation sites is 1. The number of halogens is 2. The van der Waals surface area contributed by atoms with Crippen LogP contribution in [0.5, 0.6) is 0 Å². The second kappa shape index (κ2) is 6.89. The van der Waals surface area contributed by atoms with Gasteiger partial charge in [0.05, 0.1) is 16.3 Å². The van der Waals surface area contributed by atoms with Crippen LogP contribution in [0, 0.1) is 17.7 Å². The number of hydrogen-bond acceptors (Lipinski definition) is 2. The van der Waals surface area contributed by atoms with Crippen molar-refractivity contribution in [2.24, 2.45) is 0 Å². The average molecular weight is 304 g/mol. The molecule has 0 saturated carbocycles. The Bertz CT molecular complexity index is 735. The summed E-state index contributed by atoms with van der Waals surface area (Å²) >= 11 is 5.94.